The number of non-ortho nitro benzene ring substituents is 2. The summed E-state index contributed by atoms with van der Waals surface area (Å²) < 4.78 is 22.6. The van der Waals surface area contributed by atoms with E-state index in [2.05, 4.69) is 14.8 Å². The Balaban J connectivity index is 2.36. The van der Waals surface area contributed by atoms with Crippen LogP contribution in [0.5, 0.6) is 5.75 Å². The highest BCUT2D eigenvalue weighted by molar-refractivity contribution is 7.62. The molecule has 0 saturated carbocycles. The van der Waals surface area contributed by atoms with Gasteiger partial charge in [-0.05, 0) is 29.8 Å². The highest BCUT2D eigenvalue weighted by Crippen LogP contribution is 2.48. The SMILES string of the molecule is [N-]=[N+]=NOP(=O)(Oc1ccc([N+](=O)[O-])cc1)c1ccc([N+](=O)[O-])cc1. The zero-order valence-electron chi connectivity index (χ0n) is 12.2. The molecule has 0 spiro atoms. The zero-order chi connectivity index (χ0) is 18.4. The van der Waals surface area contributed by atoms with E-state index in [9.17, 15) is 24.8 Å². The minimum Gasteiger partial charge on any atom is -0.413 e. The van der Waals surface area contributed by atoms with Gasteiger partial charge in [-0.1, -0.05) is 0 Å². The molecule has 128 valence electrons. The van der Waals surface area contributed by atoms with Gasteiger partial charge >= 0.3 is 7.60 Å². The fourth-order valence-electron chi connectivity index (χ4n) is 1.71. The number of hydrogen-bond donors (Lipinski definition) is 0. The molecule has 0 saturated heterocycles. The average Bonchev–Trinajstić information content (AvgIpc) is 2.60. The predicted molar refractivity (Wildman–Crippen MR) is 84.3 cm³/mol. The van der Waals surface area contributed by atoms with Gasteiger partial charge in [0.25, 0.3) is 11.4 Å². The number of azide groups is 1. The Morgan fingerprint density at radius 2 is 1.44 bits per heavy atom. The van der Waals surface area contributed by atoms with Gasteiger partial charge in [-0.15, -0.1) is 0 Å². The van der Waals surface area contributed by atoms with E-state index in [0.29, 0.717) is 0 Å². The van der Waals surface area contributed by atoms with Crippen LogP contribution in [0.25, 0.3) is 10.4 Å². The van der Waals surface area contributed by atoms with Crippen molar-refractivity contribution in [3.05, 3.63) is 79.2 Å². The summed E-state index contributed by atoms with van der Waals surface area (Å²) in [6.45, 7) is 0. The Morgan fingerprint density at radius 3 is 1.88 bits per heavy atom. The van der Waals surface area contributed by atoms with Crippen LogP contribution in [0.2, 0.25) is 0 Å². The maximum atomic E-state index is 12.8. The maximum absolute atomic E-state index is 12.8. The Labute approximate surface area is 139 Å². The van der Waals surface area contributed by atoms with Crippen LogP contribution in [0.4, 0.5) is 11.4 Å². The Morgan fingerprint density at radius 1 is 0.960 bits per heavy atom. The lowest BCUT2D eigenvalue weighted by Gasteiger charge is -2.16. The van der Waals surface area contributed by atoms with Gasteiger partial charge in [0.1, 0.15) is 11.0 Å². The molecule has 0 heterocycles. The third-order valence-electron chi connectivity index (χ3n) is 2.83. The molecule has 2 rings (SSSR count). The van der Waals surface area contributed by atoms with Crippen molar-refractivity contribution in [1.82, 2.24) is 0 Å². The molecule has 0 N–H and O–H groups in total. The number of nitro benzene ring substituents is 2. The van der Waals surface area contributed by atoms with Crippen LogP contribution >= 0.6 is 7.60 Å². The molecule has 0 bridgehead atoms. The van der Waals surface area contributed by atoms with Gasteiger partial charge in [-0.3, -0.25) is 20.2 Å². The minimum absolute atomic E-state index is 0.0552. The first kappa shape index (κ1) is 17.7. The molecule has 0 fully saturated rings. The molecule has 0 aliphatic heterocycles. The van der Waals surface area contributed by atoms with Gasteiger partial charge < -0.3 is 9.15 Å². The monoisotopic (exact) mass is 365 g/mol. The van der Waals surface area contributed by atoms with E-state index in [4.69, 9.17) is 10.1 Å². The standard InChI is InChI=1S/C12H8N5O7P/c13-14-15-24-25(22,12-7-3-10(4-8-12)17(20)21)23-11-5-1-9(2-6-11)16(18)19/h1-8H. The number of benzene rings is 2. The average molecular weight is 365 g/mol. The summed E-state index contributed by atoms with van der Waals surface area (Å²) in [4.78, 5) is 22.3. The number of nitrogens with zero attached hydrogens (tertiary/aromatic N) is 5. The second-order valence-corrected chi connectivity index (χ2v) is 6.22. The van der Waals surface area contributed by atoms with Crippen molar-refractivity contribution < 1.29 is 23.6 Å². The number of hydrogen-bond acceptors (Lipinski definition) is 8. The molecule has 1 atom stereocenters. The van der Waals surface area contributed by atoms with E-state index in [1.165, 1.54) is 12.1 Å². The molecule has 2 aromatic carbocycles. The van der Waals surface area contributed by atoms with Gasteiger partial charge in [0.2, 0.25) is 0 Å². The van der Waals surface area contributed by atoms with Crippen LogP contribution in [-0.2, 0) is 9.19 Å². The lowest BCUT2D eigenvalue weighted by Crippen LogP contribution is -2.11. The van der Waals surface area contributed by atoms with Crippen LogP contribution < -0.4 is 9.83 Å². The topological polar surface area (TPSA) is 171 Å². The van der Waals surface area contributed by atoms with Gasteiger partial charge in [0, 0.05) is 29.2 Å². The van der Waals surface area contributed by atoms with Gasteiger partial charge in [0.15, 0.2) is 0 Å². The van der Waals surface area contributed by atoms with Gasteiger partial charge in [-0.2, -0.15) is 0 Å². The summed E-state index contributed by atoms with van der Waals surface area (Å²) in [6, 6.07) is 8.97. The summed E-state index contributed by atoms with van der Waals surface area (Å²) in [6.07, 6.45) is 0. The van der Waals surface area contributed by atoms with Crippen LogP contribution in [0.15, 0.2) is 53.8 Å². The van der Waals surface area contributed by atoms with E-state index in [-0.39, 0.29) is 22.4 Å². The smallest absolute Gasteiger partial charge is 0.413 e. The first-order chi connectivity index (χ1) is 11.9. The van der Waals surface area contributed by atoms with E-state index in [1.54, 1.807) is 0 Å². The summed E-state index contributed by atoms with van der Waals surface area (Å²) in [5.74, 6) is -0.0552. The molecule has 0 aliphatic carbocycles. The molecular weight excluding hydrogens is 357 g/mol. The summed E-state index contributed by atoms with van der Waals surface area (Å²) >= 11 is 0. The Hall–Kier alpha value is -3.62. The maximum Gasteiger partial charge on any atom is 0.468 e. The summed E-state index contributed by atoms with van der Waals surface area (Å²) in [5.41, 5.74) is 7.88. The number of nitro groups is 2. The molecule has 1 unspecified atom stereocenters. The first-order valence-electron chi connectivity index (χ1n) is 6.38. The van der Waals surface area contributed by atoms with Gasteiger partial charge in [-0.25, -0.2) is 4.57 Å². The Kier molecular flexibility index (Phi) is 5.18. The second kappa shape index (κ2) is 7.30. The minimum atomic E-state index is -4.21. The quantitative estimate of drug-likeness (QED) is 0.180. The van der Waals surface area contributed by atoms with Crippen LogP contribution in [0, 0.1) is 20.2 Å². The second-order valence-electron chi connectivity index (χ2n) is 4.37. The Bertz CT molecular complexity index is 893. The zero-order valence-corrected chi connectivity index (χ0v) is 13.1. The summed E-state index contributed by atoms with van der Waals surface area (Å²) in [5, 5.41) is 23.9. The summed E-state index contributed by atoms with van der Waals surface area (Å²) in [7, 11) is -4.21. The van der Waals surface area contributed by atoms with E-state index in [0.717, 1.165) is 36.4 Å². The lowest BCUT2D eigenvalue weighted by molar-refractivity contribution is -0.385. The van der Waals surface area contributed by atoms with Crippen molar-refractivity contribution in [2.24, 2.45) is 5.28 Å². The highest BCUT2D eigenvalue weighted by atomic mass is 31.2. The van der Waals surface area contributed by atoms with E-state index in [1.807, 2.05) is 0 Å². The molecule has 12 nitrogen and oxygen atoms in total. The molecule has 2 aromatic rings. The molecule has 25 heavy (non-hydrogen) atoms. The molecule has 0 radical (unpaired) electrons. The fourth-order valence-corrected chi connectivity index (χ4v) is 2.98. The molecule has 0 aromatic heterocycles. The normalized spacial score (nSPS) is 12.3. The van der Waals surface area contributed by atoms with Crippen molar-refractivity contribution in [3.8, 4) is 5.75 Å². The number of rotatable bonds is 7. The van der Waals surface area contributed by atoms with Crippen LogP contribution in [-0.4, -0.2) is 9.85 Å². The van der Waals surface area contributed by atoms with E-state index < -0.39 is 17.4 Å². The van der Waals surface area contributed by atoms with Crippen molar-refractivity contribution in [3.63, 3.8) is 0 Å². The highest BCUT2D eigenvalue weighted by Gasteiger charge is 2.31. The molecule has 13 heteroatoms. The van der Waals surface area contributed by atoms with E-state index >= 15 is 0 Å². The molecule has 0 amide bonds. The molecule has 0 aliphatic rings. The largest absolute Gasteiger partial charge is 0.468 e. The van der Waals surface area contributed by atoms with Crippen LogP contribution in [0.1, 0.15) is 0 Å². The van der Waals surface area contributed by atoms with Crippen molar-refractivity contribution in [1.29, 1.82) is 0 Å². The third kappa shape index (κ3) is 4.22. The van der Waals surface area contributed by atoms with Gasteiger partial charge in [0.05, 0.1) is 15.2 Å². The lowest BCUT2D eigenvalue weighted by atomic mass is 10.3. The van der Waals surface area contributed by atoms with Crippen molar-refractivity contribution in [2.45, 2.75) is 0 Å². The third-order valence-corrected chi connectivity index (χ3v) is 4.50. The van der Waals surface area contributed by atoms with Crippen molar-refractivity contribution >= 4 is 24.3 Å². The fraction of sp³-hybridized carbons (Fsp3) is 0. The van der Waals surface area contributed by atoms with Crippen LogP contribution in [0.3, 0.4) is 0 Å². The predicted octanol–water partition coefficient (Wildman–Crippen LogP) is 3.64. The molecular formula is C12H8N5O7P. The first-order valence-corrected chi connectivity index (χ1v) is 7.92. The van der Waals surface area contributed by atoms with Crippen molar-refractivity contribution in [2.75, 3.05) is 0 Å².